The van der Waals surface area contributed by atoms with Crippen LogP contribution < -0.4 is 5.32 Å². The van der Waals surface area contributed by atoms with Crippen molar-refractivity contribution < 1.29 is 4.79 Å². The van der Waals surface area contributed by atoms with E-state index in [4.69, 9.17) is 11.6 Å². The number of terminal acetylenes is 1. The molecule has 0 spiro atoms. The molecule has 0 saturated heterocycles. The van der Waals surface area contributed by atoms with Crippen molar-refractivity contribution in [2.75, 3.05) is 5.88 Å². The van der Waals surface area contributed by atoms with Crippen LogP contribution >= 0.6 is 11.6 Å². The van der Waals surface area contributed by atoms with Gasteiger partial charge in [-0.3, -0.25) is 4.79 Å². The molecule has 0 aliphatic heterocycles. The number of allylic oxidation sites excluding steroid dienone is 3. The summed E-state index contributed by atoms with van der Waals surface area (Å²) in [7, 11) is 0. The molecule has 2 nitrogen and oxygen atoms in total. The Morgan fingerprint density at radius 1 is 1.54 bits per heavy atom. The number of rotatable bonds is 3. The summed E-state index contributed by atoms with van der Waals surface area (Å²) in [6.07, 6.45) is 13.4. The van der Waals surface area contributed by atoms with Crippen LogP contribution in [-0.4, -0.2) is 11.8 Å². The molecule has 1 N–H and O–H groups in total. The summed E-state index contributed by atoms with van der Waals surface area (Å²) in [4.78, 5) is 10.6. The Labute approximate surface area is 84.7 Å². The Bertz CT molecular complexity index is 216. The van der Waals surface area contributed by atoms with E-state index in [-0.39, 0.29) is 5.91 Å². The molecule has 1 amide bonds. The third-order valence-electron chi connectivity index (χ3n) is 1.02. The Balaban J connectivity index is 0. The molecule has 3 heteroatoms. The summed E-state index contributed by atoms with van der Waals surface area (Å²) in [6.45, 7) is 3.32. The van der Waals surface area contributed by atoms with E-state index < -0.39 is 0 Å². The van der Waals surface area contributed by atoms with Crippen LogP contribution in [0.5, 0.6) is 0 Å². The maximum absolute atomic E-state index is 10.6. The van der Waals surface area contributed by atoms with Crippen LogP contribution in [0.15, 0.2) is 23.9 Å². The molecule has 13 heavy (non-hydrogen) atoms. The molecule has 0 fully saturated rings. The van der Waals surface area contributed by atoms with Crippen molar-refractivity contribution in [3.63, 3.8) is 0 Å². The van der Waals surface area contributed by atoms with E-state index in [1.165, 1.54) is 6.92 Å². The van der Waals surface area contributed by atoms with Crippen LogP contribution in [0.4, 0.5) is 0 Å². The van der Waals surface area contributed by atoms with Gasteiger partial charge >= 0.3 is 0 Å². The number of alkyl halides is 1. The molecule has 0 heterocycles. The summed E-state index contributed by atoms with van der Waals surface area (Å²) in [5.74, 6) is 0.383. The Morgan fingerprint density at radius 2 is 2.08 bits per heavy atom. The minimum absolute atomic E-state index is 0.0719. The van der Waals surface area contributed by atoms with Crippen molar-refractivity contribution >= 4 is 17.5 Å². The lowest BCUT2D eigenvalue weighted by Crippen LogP contribution is -2.17. The van der Waals surface area contributed by atoms with Crippen LogP contribution in [0.1, 0.15) is 13.8 Å². The molecule has 0 rings (SSSR count). The van der Waals surface area contributed by atoms with Crippen molar-refractivity contribution in [2.24, 2.45) is 0 Å². The van der Waals surface area contributed by atoms with Crippen molar-refractivity contribution in [1.82, 2.24) is 5.32 Å². The second-order valence-electron chi connectivity index (χ2n) is 1.98. The van der Waals surface area contributed by atoms with E-state index in [2.05, 4.69) is 18.2 Å². The molecule has 0 aromatic carbocycles. The van der Waals surface area contributed by atoms with Gasteiger partial charge in [-0.1, -0.05) is 12.2 Å². The predicted molar refractivity (Wildman–Crippen MR) is 57.3 cm³/mol. The number of halogens is 1. The zero-order valence-corrected chi connectivity index (χ0v) is 8.64. The first kappa shape index (κ1) is 14.3. The number of carbonyl (C=O) groups excluding carboxylic acids is 1. The predicted octanol–water partition coefficient (Wildman–Crippen LogP) is 2.07. The molecule has 0 radical (unpaired) electrons. The number of hydrogen-bond donors (Lipinski definition) is 1. The summed E-state index contributed by atoms with van der Waals surface area (Å²) < 4.78 is 0. The highest BCUT2D eigenvalue weighted by Crippen LogP contribution is 1.91. The summed E-state index contributed by atoms with van der Waals surface area (Å²) >= 11 is 5.41. The minimum atomic E-state index is -0.0719. The molecular weight excluding hydrogens is 186 g/mol. The molecule has 0 aliphatic carbocycles. The van der Waals surface area contributed by atoms with E-state index in [1.807, 2.05) is 13.0 Å². The lowest BCUT2D eigenvalue weighted by Gasteiger charge is -1.99. The molecule has 0 aromatic rings. The average molecular weight is 200 g/mol. The van der Waals surface area contributed by atoms with Gasteiger partial charge in [0.1, 0.15) is 0 Å². The smallest absolute Gasteiger partial charge is 0.221 e. The lowest BCUT2D eigenvalue weighted by molar-refractivity contribution is -0.118. The fourth-order valence-electron chi connectivity index (χ4n) is 0.585. The Morgan fingerprint density at radius 3 is 2.38 bits per heavy atom. The van der Waals surface area contributed by atoms with Crippen molar-refractivity contribution in [2.45, 2.75) is 13.8 Å². The summed E-state index contributed by atoms with van der Waals surface area (Å²) in [6, 6.07) is 0. The van der Waals surface area contributed by atoms with Crippen molar-refractivity contribution in [3.8, 4) is 12.8 Å². The highest BCUT2D eigenvalue weighted by Gasteiger charge is 1.91. The molecule has 0 aromatic heterocycles. The number of amides is 1. The second kappa shape index (κ2) is 10.8. The molecule has 0 saturated carbocycles. The first-order valence-electron chi connectivity index (χ1n) is 3.70. The van der Waals surface area contributed by atoms with Crippen LogP contribution in [0.3, 0.4) is 0 Å². The van der Waals surface area contributed by atoms with Gasteiger partial charge in [-0.25, -0.2) is 0 Å². The zero-order valence-electron chi connectivity index (χ0n) is 7.88. The largest absolute Gasteiger partial charge is 0.327 e. The van der Waals surface area contributed by atoms with Gasteiger partial charge in [0.15, 0.2) is 0 Å². The third-order valence-corrected chi connectivity index (χ3v) is 1.20. The molecule has 72 valence electrons. The molecule has 0 unspecified atom stereocenters. The minimum Gasteiger partial charge on any atom is -0.327 e. The normalized spacial score (nSPS) is 10.4. The van der Waals surface area contributed by atoms with Crippen LogP contribution in [-0.2, 0) is 4.79 Å². The van der Waals surface area contributed by atoms with E-state index in [1.54, 1.807) is 12.2 Å². The van der Waals surface area contributed by atoms with E-state index in [0.717, 1.165) is 5.70 Å². The Kier molecular flexibility index (Phi) is 11.9. The monoisotopic (exact) mass is 199 g/mol. The average Bonchev–Trinajstić information content (AvgIpc) is 2.15. The number of carbonyl (C=O) groups is 1. The first-order chi connectivity index (χ1) is 6.20. The number of hydrogen-bond acceptors (Lipinski definition) is 1. The summed E-state index contributed by atoms with van der Waals surface area (Å²) in [5.41, 5.74) is 0.776. The maximum Gasteiger partial charge on any atom is 0.221 e. The van der Waals surface area contributed by atoms with E-state index in [0.29, 0.717) is 5.88 Å². The van der Waals surface area contributed by atoms with E-state index in [9.17, 15) is 4.79 Å². The molecular formula is C10H14ClNO. The molecule has 0 atom stereocenters. The van der Waals surface area contributed by atoms with Gasteiger partial charge in [0.05, 0.1) is 0 Å². The van der Waals surface area contributed by atoms with Gasteiger partial charge in [0.2, 0.25) is 5.91 Å². The van der Waals surface area contributed by atoms with Gasteiger partial charge in [-0.2, -0.15) is 0 Å². The van der Waals surface area contributed by atoms with Crippen LogP contribution in [0, 0.1) is 12.8 Å². The lowest BCUT2D eigenvalue weighted by atomic mass is 10.3. The standard InChI is InChI=1S/C8H12ClNO.C2H2/c1-3-8(5-4-6-9)10-7(2)11;1-2/h3-5H,6H2,1-2H3,(H,10,11);1-2H/b5-4-,8-3+;. The zero-order chi connectivity index (χ0) is 10.7. The fraction of sp³-hybridized carbons (Fsp3) is 0.300. The maximum atomic E-state index is 10.6. The van der Waals surface area contributed by atoms with Crippen LogP contribution in [0.2, 0.25) is 0 Å². The van der Waals surface area contributed by atoms with E-state index >= 15 is 0 Å². The van der Waals surface area contributed by atoms with Gasteiger partial charge in [-0.15, -0.1) is 24.4 Å². The molecule has 0 bridgehead atoms. The Hall–Kier alpha value is -1.20. The first-order valence-corrected chi connectivity index (χ1v) is 4.24. The second-order valence-corrected chi connectivity index (χ2v) is 2.29. The van der Waals surface area contributed by atoms with Gasteiger partial charge in [0, 0.05) is 18.5 Å². The van der Waals surface area contributed by atoms with Gasteiger partial charge in [-0.05, 0) is 13.0 Å². The molecule has 0 aliphatic rings. The summed E-state index contributed by atoms with van der Waals surface area (Å²) in [5, 5.41) is 2.64. The van der Waals surface area contributed by atoms with Crippen LogP contribution in [0.25, 0.3) is 0 Å². The number of nitrogens with one attached hydrogen (secondary N) is 1. The highest BCUT2D eigenvalue weighted by atomic mass is 35.5. The van der Waals surface area contributed by atoms with Crippen molar-refractivity contribution in [3.05, 3.63) is 23.9 Å². The van der Waals surface area contributed by atoms with Gasteiger partial charge < -0.3 is 5.32 Å². The quantitative estimate of drug-likeness (QED) is 0.421. The topological polar surface area (TPSA) is 29.1 Å². The highest BCUT2D eigenvalue weighted by molar-refractivity contribution is 6.18. The fourth-order valence-corrected chi connectivity index (χ4v) is 0.674. The van der Waals surface area contributed by atoms with Gasteiger partial charge in [0.25, 0.3) is 0 Å². The SMILES string of the molecule is C#C.C/C=C(\C=C/CCl)NC(C)=O. The van der Waals surface area contributed by atoms with Crippen molar-refractivity contribution in [1.29, 1.82) is 0 Å². The third kappa shape index (κ3) is 10.8.